The first-order valence-electron chi connectivity index (χ1n) is 3.70. The van der Waals surface area contributed by atoms with Gasteiger partial charge in [-0.1, -0.05) is 6.92 Å². The van der Waals surface area contributed by atoms with E-state index >= 15 is 0 Å². The monoisotopic (exact) mass is 164 g/mol. The smallest absolute Gasteiger partial charge is 0.255 e. The highest BCUT2D eigenvalue weighted by molar-refractivity contribution is 5.32. The molecule has 0 bridgehead atoms. The minimum absolute atomic E-state index is 0.0781. The minimum Gasteiger partial charge on any atom is -0.493 e. The van der Waals surface area contributed by atoms with Gasteiger partial charge in [0.2, 0.25) is 5.88 Å². The highest BCUT2D eigenvalue weighted by atomic mass is 16.3. The van der Waals surface area contributed by atoms with Gasteiger partial charge >= 0.3 is 0 Å². The maximum Gasteiger partial charge on any atom is 0.255 e. The molecule has 0 aliphatic carbocycles. The van der Waals surface area contributed by atoms with Gasteiger partial charge in [0.05, 0.1) is 0 Å². The van der Waals surface area contributed by atoms with E-state index in [0.717, 1.165) is 12.1 Å². The van der Waals surface area contributed by atoms with E-state index in [-0.39, 0.29) is 5.88 Å². The van der Waals surface area contributed by atoms with Gasteiger partial charge in [0.1, 0.15) is 6.33 Å². The molecule has 1 N–H and O–H groups in total. The third kappa shape index (κ3) is 0.903. The molecule has 0 aliphatic rings. The molecular weight excluding hydrogens is 156 g/mol. The predicted molar refractivity (Wildman–Crippen MR) is 41.8 cm³/mol. The van der Waals surface area contributed by atoms with Crippen LogP contribution < -0.4 is 0 Å². The second-order valence-electron chi connectivity index (χ2n) is 2.43. The zero-order chi connectivity index (χ0) is 8.55. The molecule has 2 rings (SSSR count). The zero-order valence-corrected chi connectivity index (χ0v) is 6.60. The van der Waals surface area contributed by atoms with Gasteiger partial charge in [0.25, 0.3) is 5.78 Å². The fourth-order valence-electron chi connectivity index (χ4n) is 1.03. The van der Waals surface area contributed by atoms with E-state index in [1.165, 1.54) is 10.8 Å². The van der Waals surface area contributed by atoms with Crippen LogP contribution in [0.4, 0.5) is 0 Å². The Morgan fingerprint density at radius 1 is 1.58 bits per heavy atom. The molecule has 2 aromatic heterocycles. The summed E-state index contributed by atoms with van der Waals surface area (Å²) in [5.74, 6) is 0.515. The maximum atomic E-state index is 9.39. The lowest BCUT2D eigenvalue weighted by molar-refractivity contribution is 0.434. The number of aromatic hydroxyl groups is 1. The molecule has 2 aromatic rings. The second kappa shape index (κ2) is 2.44. The van der Waals surface area contributed by atoms with E-state index in [1.54, 1.807) is 6.07 Å². The molecule has 5 heteroatoms. The van der Waals surface area contributed by atoms with Gasteiger partial charge in [-0.05, 0) is 6.42 Å². The Morgan fingerprint density at radius 2 is 2.42 bits per heavy atom. The van der Waals surface area contributed by atoms with Crippen LogP contribution in [-0.2, 0) is 6.42 Å². The Kier molecular flexibility index (Phi) is 1.43. The van der Waals surface area contributed by atoms with Crippen molar-refractivity contribution in [1.82, 2.24) is 19.6 Å². The Labute approximate surface area is 68.7 Å². The summed E-state index contributed by atoms with van der Waals surface area (Å²) in [7, 11) is 0. The molecule has 0 aromatic carbocycles. The Morgan fingerprint density at radius 3 is 3.17 bits per heavy atom. The Hall–Kier alpha value is -1.65. The van der Waals surface area contributed by atoms with Gasteiger partial charge in [-0.3, -0.25) is 0 Å². The highest BCUT2D eigenvalue weighted by Gasteiger charge is 2.03. The summed E-state index contributed by atoms with van der Waals surface area (Å²) in [6.45, 7) is 1.97. The summed E-state index contributed by atoms with van der Waals surface area (Å²) in [6, 6.07) is 1.58. The van der Waals surface area contributed by atoms with Crippen LogP contribution in [0, 0.1) is 0 Å². The highest BCUT2D eigenvalue weighted by Crippen LogP contribution is 2.10. The van der Waals surface area contributed by atoms with Crippen molar-refractivity contribution < 1.29 is 5.11 Å². The topological polar surface area (TPSA) is 63.3 Å². The Bertz CT molecular complexity index is 409. The van der Waals surface area contributed by atoms with Crippen LogP contribution in [0.3, 0.4) is 0 Å². The normalized spacial score (nSPS) is 10.8. The molecule has 0 aliphatic heterocycles. The molecule has 0 saturated heterocycles. The molecule has 0 fully saturated rings. The van der Waals surface area contributed by atoms with E-state index in [9.17, 15) is 5.11 Å². The van der Waals surface area contributed by atoms with Crippen LogP contribution in [0.1, 0.15) is 12.6 Å². The Balaban J connectivity index is 2.75. The number of fused-ring (bicyclic) bond motifs is 1. The van der Waals surface area contributed by atoms with E-state index in [2.05, 4.69) is 15.1 Å². The van der Waals surface area contributed by atoms with Gasteiger partial charge in [0.15, 0.2) is 0 Å². The molecule has 0 unspecified atom stereocenters. The first-order chi connectivity index (χ1) is 5.81. The average molecular weight is 164 g/mol. The van der Waals surface area contributed by atoms with Crippen molar-refractivity contribution in [1.29, 1.82) is 0 Å². The van der Waals surface area contributed by atoms with Crippen molar-refractivity contribution in [2.75, 3.05) is 0 Å². The third-order valence-corrected chi connectivity index (χ3v) is 1.65. The number of hydrogen-bond acceptors (Lipinski definition) is 4. The summed E-state index contributed by atoms with van der Waals surface area (Å²) in [5, 5.41) is 13.2. The molecule has 0 atom stereocenters. The van der Waals surface area contributed by atoms with Crippen LogP contribution in [0.5, 0.6) is 5.88 Å². The predicted octanol–water partition coefficient (Wildman–Crippen LogP) is 0.392. The third-order valence-electron chi connectivity index (χ3n) is 1.65. The summed E-state index contributed by atoms with van der Waals surface area (Å²) in [6.07, 6.45) is 2.14. The minimum atomic E-state index is 0.0781. The standard InChI is InChI=1S/C7H8N4O/c1-2-5-3-6(12)11-7(10-5)8-4-9-11/h3-4,12H,2H2,1H3. The number of hydrogen-bond donors (Lipinski definition) is 1. The van der Waals surface area contributed by atoms with E-state index in [0.29, 0.717) is 5.78 Å². The van der Waals surface area contributed by atoms with Crippen LogP contribution in [0.25, 0.3) is 5.78 Å². The van der Waals surface area contributed by atoms with Crippen molar-refractivity contribution in [2.45, 2.75) is 13.3 Å². The molecule has 5 nitrogen and oxygen atoms in total. The molecular formula is C7H8N4O. The fraction of sp³-hybridized carbons (Fsp3) is 0.286. The number of aryl methyl sites for hydroxylation is 1. The van der Waals surface area contributed by atoms with Crippen molar-refractivity contribution in [2.24, 2.45) is 0 Å². The van der Waals surface area contributed by atoms with Gasteiger partial charge in [-0.2, -0.15) is 14.6 Å². The van der Waals surface area contributed by atoms with E-state index in [4.69, 9.17) is 0 Å². The zero-order valence-electron chi connectivity index (χ0n) is 6.60. The SMILES string of the molecule is CCc1cc(O)n2ncnc2n1. The molecule has 62 valence electrons. The first-order valence-corrected chi connectivity index (χ1v) is 3.70. The van der Waals surface area contributed by atoms with Crippen molar-refractivity contribution in [3.8, 4) is 5.88 Å². The van der Waals surface area contributed by atoms with Crippen molar-refractivity contribution in [3.05, 3.63) is 18.1 Å². The fourth-order valence-corrected chi connectivity index (χ4v) is 1.03. The van der Waals surface area contributed by atoms with Crippen molar-refractivity contribution >= 4 is 5.78 Å². The molecule has 0 spiro atoms. The van der Waals surface area contributed by atoms with Crippen LogP contribution in [0.15, 0.2) is 12.4 Å². The number of aromatic nitrogens is 4. The largest absolute Gasteiger partial charge is 0.493 e. The molecule has 0 radical (unpaired) electrons. The van der Waals surface area contributed by atoms with Gasteiger partial charge < -0.3 is 5.11 Å². The quantitative estimate of drug-likeness (QED) is 0.662. The molecule has 0 saturated carbocycles. The number of rotatable bonds is 1. The van der Waals surface area contributed by atoms with Gasteiger partial charge in [-0.25, -0.2) is 4.98 Å². The van der Waals surface area contributed by atoms with Crippen LogP contribution >= 0.6 is 0 Å². The van der Waals surface area contributed by atoms with Crippen LogP contribution in [-0.4, -0.2) is 24.7 Å². The van der Waals surface area contributed by atoms with Gasteiger partial charge in [0, 0.05) is 11.8 Å². The van der Waals surface area contributed by atoms with E-state index in [1.807, 2.05) is 6.92 Å². The summed E-state index contributed by atoms with van der Waals surface area (Å²) < 4.78 is 1.29. The summed E-state index contributed by atoms with van der Waals surface area (Å²) in [5.41, 5.74) is 0.813. The lowest BCUT2D eigenvalue weighted by Gasteiger charge is -1.98. The second-order valence-corrected chi connectivity index (χ2v) is 2.43. The van der Waals surface area contributed by atoms with Gasteiger partial charge in [-0.15, -0.1) is 0 Å². The summed E-state index contributed by atoms with van der Waals surface area (Å²) in [4.78, 5) is 8.01. The maximum absolute atomic E-state index is 9.39. The molecule has 2 heterocycles. The average Bonchev–Trinajstić information content (AvgIpc) is 2.52. The molecule has 0 amide bonds. The lowest BCUT2D eigenvalue weighted by Crippen LogP contribution is -1.95. The van der Waals surface area contributed by atoms with E-state index < -0.39 is 0 Å². The first kappa shape index (κ1) is 7.02. The number of nitrogens with zero attached hydrogens (tertiary/aromatic N) is 4. The summed E-state index contributed by atoms with van der Waals surface area (Å²) >= 11 is 0. The lowest BCUT2D eigenvalue weighted by atomic mass is 10.3. The van der Waals surface area contributed by atoms with Crippen molar-refractivity contribution in [3.63, 3.8) is 0 Å². The van der Waals surface area contributed by atoms with Crippen LogP contribution in [0.2, 0.25) is 0 Å². The molecule has 12 heavy (non-hydrogen) atoms.